The van der Waals surface area contributed by atoms with Crippen molar-refractivity contribution < 1.29 is 64.2 Å². The van der Waals surface area contributed by atoms with Gasteiger partial charge in [0, 0.05) is 56.4 Å². The molecule has 10 rings (SSSR count). The minimum Gasteiger partial charge on any atom is -0.507 e. The highest BCUT2D eigenvalue weighted by molar-refractivity contribution is 7.93. The average Bonchev–Trinajstić information content (AvgIpc) is 3.54. The molecule has 0 unspecified atom stereocenters. The predicted molar refractivity (Wildman–Crippen MR) is 305 cm³/mol. The molecule has 0 saturated heterocycles. The van der Waals surface area contributed by atoms with Gasteiger partial charge in [-0.05, 0) is 152 Å². The number of aromatic hydroxyl groups is 2. The van der Waals surface area contributed by atoms with E-state index in [0.29, 0.717) is 66.7 Å². The lowest BCUT2D eigenvalue weighted by molar-refractivity contribution is 0.0684. The summed E-state index contributed by atoms with van der Waals surface area (Å²) in [6.45, 7) is 10.6. The Kier molecular flexibility index (Phi) is 13.4. The third kappa shape index (κ3) is 9.76. The lowest BCUT2D eigenvalue weighted by Gasteiger charge is -2.21. The van der Waals surface area contributed by atoms with Crippen molar-refractivity contribution in [1.82, 2.24) is 0 Å². The number of carboxylic acid groups (broad SMARTS) is 2. The van der Waals surface area contributed by atoms with Crippen molar-refractivity contribution in [3.63, 3.8) is 0 Å². The Balaban J connectivity index is 1.05. The third-order valence-corrected chi connectivity index (χ3v) is 17.6. The van der Waals surface area contributed by atoms with Crippen LogP contribution in [0.25, 0.3) is 55.0 Å². The lowest BCUT2D eigenvalue weighted by atomic mass is 9.93. The van der Waals surface area contributed by atoms with Crippen molar-refractivity contribution in [2.24, 2.45) is 4.99 Å². The first-order chi connectivity index (χ1) is 37.7. The number of benzene rings is 9. The van der Waals surface area contributed by atoms with Crippen LogP contribution in [0.15, 0.2) is 158 Å². The monoisotopic (exact) mass is 1130 g/mol. The zero-order chi connectivity index (χ0) is 57.5. The fourth-order valence-electron chi connectivity index (χ4n) is 10.3. The van der Waals surface area contributed by atoms with Gasteiger partial charge in [-0.2, -0.15) is 8.42 Å². The van der Waals surface area contributed by atoms with Crippen LogP contribution < -0.4 is 20.1 Å². The summed E-state index contributed by atoms with van der Waals surface area (Å²) in [5.41, 5.74) is 6.22. The van der Waals surface area contributed by atoms with Crippen LogP contribution in [0.3, 0.4) is 0 Å². The van der Waals surface area contributed by atoms with Crippen molar-refractivity contribution in [2.45, 2.75) is 56.2 Å². The Morgan fingerprint density at radius 2 is 1.05 bits per heavy atom. The molecule has 2 aliphatic rings. The van der Waals surface area contributed by atoms with Crippen LogP contribution in [0.2, 0.25) is 0 Å². The molecule has 18 nitrogen and oxygen atoms in total. The summed E-state index contributed by atoms with van der Waals surface area (Å²) in [6, 6.07) is 32.8. The topological polar surface area (TPSA) is 299 Å². The van der Waals surface area contributed by atoms with Gasteiger partial charge in [-0.3, -0.25) is 14.0 Å². The summed E-state index contributed by atoms with van der Waals surface area (Å²) in [4.78, 5) is 28.1. The van der Waals surface area contributed by atoms with E-state index in [1.165, 1.54) is 72.8 Å². The Morgan fingerprint density at radius 3 is 1.61 bits per heavy atom. The number of sulfonamides is 2. The molecular formula is C59H48N4O14S3. The number of phenols is 2. The van der Waals surface area contributed by atoms with Crippen molar-refractivity contribution in [2.75, 3.05) is 14.8 Å². The highest BCUT2D eigenvalue weighted by Crippen LogP contribution is 2.44. The fourth-order valence-corrected chi connectivity index (χ4v) is 13.4. The molecule has 1 aliphatic carbocycles. The van der Waals surface area contributed by atoms with Crippen molar-refractivity contribution in [3.05, 3.63) is 183 Å². The third-order valence-electron chi connectivity index (χ3n) is 14.0. The number of carboxylic acids is 2. The molecule has 1 aliphatic heterocycles. The summed E-state index contributed by atoms with van der Waals surface area (Å²) in [7, 11) is -13.3. The molecule has 8 aromatic carbocycles. The smallest absolute Gasteiger partial charge is 0.340 e. The molecule has 8 N–H and O–H groups in total. The first-order valence-corrected chi connectivity index (χ1v) is 28.8. The minimum atomic E-state index is -4.77. The van der Waals surface area contributed by atoms with E-state index < -0.39 is 53.6 Å². The standard InChI is InChI=1S/C59H48N4O14S3/c1-29-23-31(3)56(62-78(70,71)39-15-19-41-35(25-39)11-21-46(64)52(41)58(66)67)33(5)54(29)60-37-13-17-43-48(27-37)77-49-28-38(14-18-44(49)51(43)45-9-7-8-10-50(45)80(74,75)76)61-55-30(2)24-32(4)57(34(55)6)63-79(72,73)40-16-20-42-36(26-40)12-22-47(65)53(42)59(68)69/h7-28,60,62-65H,1-6H3,(H,66,67)(H,68,69)(H,74,75,76)/b61-38-. The second kappa shape index (κ2) is 19.9. The largest absolute Gasteiger partial charge is 0.507 e. The second-order valence-corrected chi connectivity index (χ2v) is 24.1. The zero-order valence-electron chi connectivity index (χ0n) is 43.3. The maximum Gasteiger partial charge on any atom is 0.340 e. The number of aromatic carboxylic acids is 2. The summed E-state index contributed by atoms with van der Waals surface area (Å²) >= 11 is 0. The lowest BCUT2D eigenvalue weighted by Crippen LogP contribution is -2.15. The van der Waals surface area contributed by atoms with Crippen LogP contribution in [0.1, 0.15) is 54.1 Å². The molecule has 80 heavy (non-hydrogen) atoms. The van der Waals surface area contributed by atoms with Gasteiger partial charge in [0.15, 0.2) is 0 Å². The molecule has 406 valence electrons. The maximum atomic E-state index is 14.0. The first-order valence-electron chi connectivity index (χ1n) is 24.4. The first kappa shape index (κ1) is 54.1. The van der Waals surface area contributed by atoms with E-state index in [1.54, 1.807) is 88.4 Å². The number of fused-ring (bicyclic) bond motifs is 4. The van der Waals surface area contributed by atoms with Gasteiger partial charge in [-0.1, -0.05) is 54.6 Å². The van der Waals surface area contributed by atoms with Gasteiger partial charge in [0.2, 0.25) is 0 Å². The maximum absolute atomic E-state index is 14.0. The Hall–Kier alpha value is -9.28. The number of aryl methyl sites for hydroxylation is 4. The van der Waals surface area contributed by atoms with Crippen LogP contribution in [0.4, 0.5) is 28.4 Å². The van der Waals surface area contributed by atoms with Crippen LogP contribution in [-0.4, -0.2) is 62.2 Å². The van der Waals surface area contributed by atoms with Crippen LogP contribution in [0, 0.1) is 41.5 Å². The number of rotatable bonds is 13. The SMILES string of the molecule is Cc1cc(C)c(NS(=O)(=O)c2ccc3c(C(=O)O)c(O)ccc3c2)c(C)c1/N=c1/ccc2c(-c3ccccc3S(=O)(=O)O)c3ccc(Nc4c(C)cc(C)c(NS(=O)(=O)c5ccc6c(C(=O)O)c(O)ccc6c5)c4C)cc3oc-2c1. The summed E-state index contributed by atoms with van der Waals surface area (Å²) in [5.74, 6) is -3.41. The van der Waals surface area contributed by atoms with Crippen LogP contribution in [-0.2, 0) is 30.2 Å². The van der Waals surface area contributed by atoms with E-state index in [2.05, 4.69) is 14.8 Å². The van der Waals surface area contributed by atoms with Crippen molar-refractivity contribution >= 4 is 103 Å². The van der Waals surface area contributed by atoms with E-state index in [-0.39, 0.29) is 75.6 Å². The van der Waals surface area contributed by atoms with E-state index in [9.17, 15) is 59.8 Å². The number of hydrogen-bond donors (Lipinski definition) is 8. The number of hydrogen-bond acceptors (Lipinski definition) is 13. The summed E-state index contributed by atoms with van der Waals surface area (Å²) < 4.78 is 104. The molecule has 0 spiro atoms. The van der Waals surface area contributed by atoms with Gasteiger partial charge >= 0.3 is 11.9 Å². The molecule has 0 saturated carbocycles. The molecule has 0 radical (unpaired) electrons. The molecule has 0 aromatic heterocycles. The van der Waals surface area contributed by atoms with E-state index in [4.69, 9.17) is 9.41 Å². The van der Waals surface area contributed by atoms with Gasteiger partial charge < -0.3 is 30.2 Å². The van der Waals surface area contributed by atoms with Gasteiger partial charge in [0.1, 0.15) is 38.9 Å². The quantitative estimate of drug-likeness (QED) is 0.0393. The Bertz CT molecular complexity index is 4750. The van der Waals surface area contributed by atoms with Crippen LogP contribution >= 0.6 is 0 Å². The Morgan fingerprint density at radius 1 is 0.525 bits per heavy atom. The van der Waals surface area contributed by atoms with E-state index >= 15 is 0 Å². The second-order valence-electron chi connectivity index (χ2n) is 19.3. The normalized spacial score (nSPS) is 12.4. The average molecular weight is 1130 g/mol. The summed E-state index contributed by atoms with van der Waals surface area (Å²) in [5, 5.41) is 44.9. The molecular weight excluding hydrogens is 1080 g/mol. The molecule has 1 heterocycles. The highest BCUT2D eigenvalue weighted by Gasteiger charge is 2.27. The number of carbonyl (C=O) groups is 2. The van der Waals surface area contributed by atoms with Gasteiger partial charge in [0.25, 0.3) is 30.2 Å². The number of nitrogens with zero attached hydrogens (tertiary/aromatic N) is 1. The van der Waals surface area contributed by atoms with Gasteiger partial charge in [-0.15, -0.1) is 0 Å². The molecule has 21 heteroatoms. The molecule has 8 aromatic rings. The van der Waals surface area contributed by atoms with Gasteiger partial charge in [-0.25, -0.2) is 31.4 Å². The summed E-state index contributed by atoms with van der Waals surface area (Å²) in [6.07, 6.45) is 0. The molecule has 0 atom stereocenters. The highest BCUT2D eigenvalue weighted by atomic mass is 32.2. The molecule has 0 bridgehead atoms. The van der Waals surface area contributed by atoms with E-state index in [0.717, 1.165) is 5.56 Å². The Labute approximate surface area is 458 Å². The van der Waals surface area contributed by atoms with Crippen molar-refractivity contribution in [3.8, 4) is 33.9 Å². The zero-order valence-corrected chi connectivity index (χ0v) is 45.7. The van der Waals surface area contributed by atoms with E-state index in [1.807, 2.05) is 13.8 Å². The van der Waals surface area contributed by atoms with Crippen molar-refractivity contribution in [1.29, 1.82) is 0 Å². The van der Waals surface area contributed by atoms with Crippen LogP contribution in [0.5, 0.6) is 11.5 Å². The number of nitrogens with one attached hydrogen (secondary N) is 3. The molecule has 0 fully saturated rings. The minimum absolute atomic E-state index is 0.147. The number of anilines is 4. The molecule has 0 amide bonds. The predicted octanol–water partition coefficient (Wildman–Crippen LogP) is 12.0. The van der Waals surface area contributed by atoms with Gasteiger partial charge in [0.05, 0.1) is 32.2 Å². The fraction of sp³-hybridized carbons (Fsp3) is 0.102.